The fourth-order valence-electron chi connectivity index (χ4n) is 3.52. The first-order valence-corrected chi connectivity index (χ1v) is 9.54. The maximum Gasteiger partial charge on any atom is 0.193 e. The molecule has 0 radical (unpaired) electrons. The van der Waals surface area contributed by atoms with E-state index < -0.39 is 0 Å². The zero-order valence-corrected chi connectivity index (χ0v) is 19.4. The van der Waals surface area contributed by atoms with Gasteiger partial charge in [-0.1, -0.05) is 19.9 Å². The molecule has 3 rings (SSSR count). The van der Waals surface area contributed by atoms with Crippen molar-refractivity contribution in [3.8, 4) is 0 Å². The molecule has 0 aromatic carbocycles. The molecule has 8 heteroatoms. The minimum Gasteiger partial charge on any atom is -0.370 e. The molecule has 0 saturated carbocycles. The fraction of sp³-hybridized carbons (Fsp3) is 0.550. The fourth-order valence-corrected chi connectivity index (χ4v) is 3.52. The Bertz CT molecular complexity index is 748. The molecule has 0 bridgehead atoms. The van der Waals surface area contributed by atoms with Crippen molar-refractivity contribution in [2.45, 2.75) is 25.9 Å². The highest BCUT2D eigenvalue weighted by Gasteiger charge is 2.26. The number of halogens is 1. The first kappa shape index (κ1) is 22.6. The molecule has 0 amide bonds. The third kappa shape index (κ3) is 5.66. The van der Waals surface area contributed by atoms with Gasteiger partial charge in [0.05, 0.1) is 19.3 Å². The van der Waals surface area contributed by atoms with Gasteiger partial charge in [-0.05, 0) is 17.5 Å². The monoisotopic (exact) mass is 498 g/mol. The molecule has 3 heterocycles. The van der Waals surface area contributed by atoms with Crippen molar-refractivity contribution < 1.29 is 4.74 Å². The molecule has 2 aromatic rings. The van der Waals surface area contributed by atoms with Crippen LogP contribution in [0.1, 0.15) is 37.0 Å². The Morgan fingerprint density at radius 3 is 2.82 bits per heavy atom. The Labute approximate surface area is 184 Å². The van der Waals surface area contributed by atoms with Gasteiger partial charge in [0.2, 0.25) is 0 Å². The summed E-state index contributed by atoms with van der Waals surface area (Å²) in [7, 11) is 3.76. The second kappa shape index (κ2) is 10.8. The van der Waals surface area contributed by atoms with E-state index in [0.717, 1.165) is 31.2 Å². The van der Waals surface area contributed by atoms with Crippen molar-refractivity contribution in [1.29, 1.82) is 0 Å². The molecule has 1 aliphatic rings. The quantitative estimate of drug-likeness (QED) is 0.390. The van der Waals surface area contributed by atoms with Crippen molar-refractivity contribution in [2.24, 2.45) is 18.0 Å². The van der Waals surface area contributed by atoms with E-state index in [1.165, 1.54) is 5.56 Å². The highest BCUT2D eigenvalue weighted by atomic mass is 127. The van der Waals surface area contributed by atoms with E-state index >= 15 is 0 Å². The van der Waals surface area contributed by atoms with Crippen LogP contribution in [0.5, 0.6) is 0 Å². The largest absolute Gasteiger partial charge is 0.370 e. The van der Waals surface area contributed by atoms with Gasteiger partial charge < -0.3 is 15.0 Å². The first-order valence-electron chi connectivity index (χ1n) is 9.54. The SMILES string of the molecule is CN=C(NCC(c1cccnc1)C(C)C)N1CCOC(c2cnn(C)c2)C1.I. The maximum atomic E-state index is 5.95. The van der Waals surface area contributed by atoms with E-state index in [-0.39, 0.29) is 30.1 Å². The number of morpholine rings is 1. The normalized spacial score (nSPS) is 18.7. The molecule has 0 spiro atoms. The van der Waals surface area contributed by atoms with E-state index in [9.17, 15) is 0 Å². The zero-order chi connectivity index (χ0) is 19.2. The molecule has 2 aromatic heterocycles. The molecule has 1 N–H and O–H groups in total. The van der Waals surface area contributed by atoms with Gasteiger partial charge in [-0.3, -0.25) is 14.7 Å². The van der Waals surface area contributed by atoms with Crippen molar-refractivity contribution >= 4 is 29.9 Å². The average molecular weight is 498 g/mol. The molecule has 2 atom stereocenters. The Kier molecular flexibility index (Phi) is 8.68. The molecule has 1 fully saturated rings. The van der Waals surface area contributed by atoms with Crippen LogP contribution in [0, 0.1) is 5.92 Å². The summed E-state index contributed by atoms with van der Waals surface area (Å²) in [6.45, 7) is 7.59. The number of aromatic nitrogens is 3. The van der Waals surface area contributed by atoms with Crippen LogP contribution < -0.4 is 5.32 Å². The number of hydrogen-bond acceptors (Lipinski definition) is 4. The Morgan fingerprint density at radius 1 is 1.39 bits per heavy atom. The molecule has 2 unspecified atom stereocenters. The van der Waals surface area contributed by atoms with Crippen LogP contribution >= 0.6 is 24.0 Å². The van der Waals surface area contributed by atoms with Crippen LogP contribution in [0.4, 0.5) is 0 Å². The third-order valence-electron chi connectivity index (χ3n) is 5.07. The van der Waals surface area contributed by atoms with E-state index in [0.29, 0.717) is 18.4 Å². The molecular weight excluding hydrogens is 467 g/mol. The summed E-state index contributed by atoms with van der Waals surface area (Å²) in [4.78, 5) is 11.1. The highest BCUT2D eigenvalue weighted by Crippen LogP contribution is 2.24. The Morgan fingerprint density at radius 2 is 2.21 bits per heavy atom. The molecule has 28 heavy (non-hydrogen) atoms. The molecular formula is C20H31IN6O. The van der Waals surface area contributed by atoms with Crippen molar-refractivity contribution in [3.63, 3.8) is 0 Å². The molecule has 0 aliphatic carbocycles. The molecule has 7 nitrogen and oxygen atoms in total. The number of nitrogens with zero attached hydrogens (tertiary/aromatic N) is 5. The smallest absolute Gasteiger partial charge is 0.193 e. The highest BCUT2D eigenvalue weighted by molar-refractivity contribution is 14.0. The molecule has 154 valence electrons. The summed E-state index contributed by atoms with van der Waals surface area (Å²) >= 11 is 0. The van der Waals surface area contributed by atoms with Crippen LogP contribution in [0.3, 0.4) is 0 Å². The number of pyridine rings is 1. The van der Waals surface area contributed by atoms with Gasteiger partial charge >= 0.3 is 0 Å². The number of ether oxygens (including phenoxy) is 1. The van der Waals surface area contributed by atoms with Gasteiger partial charge in [-0.15, -0.1) is 24.0 Å². The topological polar surface area (TPSA) is 67.6 Å². The van der Waals surface area contributed by atoms with Crippen molar-refractivity contribution in [2.75, 3.05) is 33.3 Å². The minimum absolute atomic E-state index is 0. The number of aryl methyl sites for hydroxylation is 1. The lowest BCUT2D eigenvalue weighted by molar-refractivity contribution is -0.00806. The van der Waals surface area contributed by atoms with E-state index in [4.69, 9.17) is 4.74 Å². The summed E-state index contributed by atoms with van der Waals surface area (Å²) in [6.07, 6.45) is 7.69. The summed E-state index contributed by atoms with van der Waals surface area (Å²) in [5.74, 6) is 1.81. The van der Waals surface area contributed by atoms with Gasteiger partial charge in [-0.25, -0.2) is 0 Å². The van der Waals surface area contributed by atoms with Crippen molar-refractivity contribution in [1.82, 2.24) is 25.0 Å². The van der Waals surface area contributed by atoms with Gasteiger partial charge in [0.1, 0.15) is 6.10 Å². The van der Waals surface area contributed by atoms with E-state index in [2.05, 4.69) is 45.2 Å². The first-order chi connectivity index (χ1) is 13.1. The zero-order valence-electron chi connectivity index (χ0n) is 17.1. The van der Waals surface area contributed by atoms with Gasteiger partial charge in [0, 0.05) is 57.3 Å². The second-order valence-corrected chi connectivity index (χ2v) is 7.32. The van der Waals surface area contributed by atoms with Gasteiger partial charge in [0.25, 0.3) is 0 Å². The predicted molar refractivity (Wildman–Crippen MR) is 122 cm³/mol. The van der Waals surface area contributed by atoms with Gasteiger partial charge in [0.15, 0.2) is 5.96 Å². The van der Waals surface area contributed by atoms with E-state index in [1.54, 1.807) is 0 Å². The van der Waals surface area contributed by atoms with Crippen LogP contribution in [0.2, 0.25) is 0 Å². The number of hydrogen-bond donors (Lipinski definition) is 1. The standard InChI is InChI=1S/C20H30N6O.HI/c1-15(2)18(16-6-5-7-22-10-16)12-23-20(21-3)26-8-9-27-19(14-26)17-11-24-25(4)13-17;/h5-7,10-11,13,15,18-19H,8-9,12,14H2,1-4H3,(H,21,23);1H. The van der Waals surface area contributed by atoms with Crippen LogP contribution in [-0.4, -0.2) is 58.9 Å². The lowest BCUT2D eigenvalue weighted by atomic mass is 9.89. The van der Waals surface area contributed by atoms with Crippen LogP contribution in [-0.2, 0) is 11.8 Å². The second-order valence-electron chi connectivity index (χ2n) is 7.32. The summed E-state index contributed by atoms with van der Waals surface area (Å²) in [5.41, 5.74) is 2.36. The summed E-state index contributed by atoms with van der Waals surface area (Å²) in [5, 5.41) is 7.83. The number of nitrogens with one attached hydrogen (secondary N) is 1. The minimum atomic E-state index is 0. The number of aliphatic imine (C=N–C) groups is 1. The Balaban J connectivity index is 0.00000280. The van der Waals surface area contributed by atoms with Crippen LogP contribution in [0.25, 0.3) is 0 Å². The van der Waals surface area contributed by atoms with Gasteiger partial charge in [-0.2, -0.15) is 5.10 Å². The van der Waals surface area contributed by atoms with Crippen molar-refractivity contribution in [3.05, 3.63) is 48.0 Å². The van der Waals surface area contributed by atoms with Crippen LogP contribution in [0.15, 0.2) is 41.9 Å². The Hall–Kier alpha value is -1.68. The van der Waals surface area contributed by atoms with E-state index in [1.807, 2.05) is 49.6 Å². The predicted octanol–water partition coefficient (Wildman–Crippen LogP) is 2.82. The third-order valence-corrected chi connectivity index (χ3v) is 5.07. The average Bonchev–Trinajstić information content (AvgIpc) is 3.12. The number of rotatable bonds is 5. The molecule has 1 aliphatic heterocycles. The molecule has 1 saturated heterocycles. The lowest BCUT2D eigenvalue weighted by Gasteiger charge is -2.35. The lowest BCUT2D eigenvalue weighted by Crippen LogP contribution is -2.49. The summed E-state index contributed by atoms with van der Waals surface area (Å²) < 4.78 is 7.76. The maximum absolute atomic E-state index is 5.95. The number of guanidine groups is 1. The summed E-state index contributed by atoms with van der Waals surface area (Å²) in [6, 6.07) is 4.15.